The second-order valence-corrected chi connectivity index (χ2v) is 7.02. The predicted molar refractivity (Wildman–Crippen MR) is 102 cm³/mol. The second kappa shape index (κ2) is 7.60. The molecule has 1 N–H and O–H groups in total. The lowest BCUT2D eigenvalue weighted by Gasteiger charge is -2.38. The number of aromatic nitrogens is 2. The van der Waals surface area contributed by atoms with E-state index < -0.39 is 0 Å². The minimum absolute atomic E-state index is 0.343. The van der Waals surface area contributed by atoms with Crippen molar-refractivity contribution in [2.45, 2.75) is 26.3 Å². The molecule has 1 aromatic carbocycles. The summed E-state index contributed by atoms with van der Waals surface area (Å²) in [6.45, 7) is 8.84. The number of carbonyl (C=O) groups is 1. The van der Waals surface area contributed by atoms with Crippen molar-refractivity contribution in [3.8, 4) is 5.75 Å². The molecule has 4 rings (SSSR count). The Hall–Kier alpha value is -2.54. The Morgan fingerprint density at radius 2 is 2.11 bits per heavy atom. The number of nitrogens with zero attached hydrogens (tertiary/aromatic N) is 3. The van der Waals surface area contributed by atoms with Crippen molar-refractivity contribution in [1.82, 2.24) is 15.1 Å². The predicted octanol–water partition coefficient (Wildman–Crippen LogP) is 2.40. The van der Waals surface area contributed by atoms with E-state index in [2.05, 4.69) is 45.1 Å². The topological polar surface area (TPSA) is 70.7 Å². The summed E-state index contributed by atoms with van der Waals surface area (Å²) in [5.41, 5.74) is 3.01. The molecule has 0 saturated carbocycles. The van der Waals surface area contributed by atoms with Crippen LogP contribution >= 0.6 is 0 Å². The van der Waals surface area contributed by atoms with Crippen LogP contribution in [0.4, 0.5) is 5.82 Å². The van der Waals surface area contributed by atoms with Crippen LogP contribution in [-0.4, -0.2) is 60.5 Å². The summed E-state index contributed by atoms with van der Waals surface area (Å²) in [6, 6.07) is 8.73. The molecule has 1 unspecified atom stereocenters. The van der Waals surface area contributed by atoms with Gasteiger partial charge < -0.3 is 14.4 Å². The van der Waals surface area contributed by atoms with Crippen molar-refractivity contribution in [3.05, 3.63) is 41.1 Å². The Labute approximate surface area is 159 Å². The maximum atomic E-state index is 11.8. The number of piperazine rings is 1. The van der Waals surface area contributed by atoms with Crippen LogP contribution in [0.1, 0.15) is 41.5 Å². The third-order valence-corrected chi connectivity index (χ3v) is 5.45. The number of fused-ring (bicyclic) bond motifs is 1. The van der Waals surface area contributed by atoms with Crippen LogP contribution in [-0.2, 0) is 11.2 Å². The van der Waals surface area contributed by atoms with Crippen LogP contribution < -0.4 is 9.64 Å². The van der Waals surface area contributed by atoms with E-state index in [1.807, 2.05) is 0 Å². The summed E-state index contributed by atoms with van der Waals surface area (Å²) in [4.78, 5) is 16.5. The number of anilines is 1. The third kappa shape index (κ3) is 3.64. The molecule has 144 valence electrons. The quantitative estimate of drug-likeness (QED) is 0.815. The number of hydrogen-bond donors (Lipinski definition) is 1. The Bertz CT molecular complexity index is 811. The normalized spacial score (nSPS) is 18.1. The minimum Gasteiger partial charge on any atom is -0.493 e. The molecule has 27 heavy (non-hydrogen) atoms. The second-order valence-electron chi connectivity index (χ2n) is 7.02. The lowest BCUT2D eigenvalue weighted by molar-refractivity contribution is 0.0519. The van der Waals surface area contributed by atoms with Gasteiger partial charge in [-0.1, -0.05) is 12.1 Å². The van der Waals surface area contributed by atoms with Crippen molar-refractivity contribution in [1.29, 1.82) is 0 Å². The summed E-state index contributed by atoms with van der Waals surface area (Å²) in [5, 5.41) is 7.05. The van der Waals surface area contributed by atoms with E-state index in [1.54, 1.807) is 13.0 Å². The molecular formula is C20H26N4O3. The Morgan fingerprint density at radius 3 is 2.89 bits per heavy atom. The Balaban J connectivity index is 1.36. The first kappa shape index (κ1) is 17.9. The Morgan fingerprint density at radius 1 is 1.30 bits per heavy atom. The number of hydrogen-bond acceptors (Lipinski definition) is 6. The standard InChI is InChI=1S/C20H26N4O3/c1-3-26-20(25)17-13-19(22-21-17)24-9-7-23(8-10-24)14(2)16-5-4-15-6-11-27-18(15)12-16/h4-5,12-14H,3,6-11H2,1-2H3,(H,21,22). The molecule has 1 aromatic heterocycles. The van der Waals surface area contributed by atoms with Gasteiger partial charge >= 0.3 is 5.97 Å². The van der Waals surface area contributed by atoms with Crippen LogP contribution in [0.3, 0.4) is 0 Å². The number of nitrogens with one attached hydrogen (secondary N) is 1. The van der Waals surface area contributed by atoms with E-state index in [0.717, 1.165) is 50.8 Å². The van der Waals surface area contributed by atoms with Crippen molar-refractivity contribution in [2.24, 2.45) is 0 Å². The van der Waals surface area contributed by atoms with Gasteiger partial charge in [-0.3, -0.25) is 10.00 Å². The molecule has 3 heterocycles. The van der Waals surface area contributed by atoms with E-state index >= 15 is 0 Å². The van der Waals surface area contributed by atoms with Crippen LogP contribution in [0, 0.1) is 0 Å². The average Bonchev–Trinajstić information content (AvgIpc) is 3.36. The fourth-order valence-corrected chi connectivity index (χ4v) is 3.78. The zero-order valence-electron chi connectivity index (χ0n) is 15.9. The van der Waals surface area contributed by atoms with E-state index in [4.69, 9.17) is 9.47 Å². The van der Waals surface area contributed by atoms with Gasteiger partial charge in [0.1, 0.15) is 11.4 Å². The van der Waals surface area contributed by atoms with Crippen molar-refractivity contribution < 1.29 is 14.3 Å². The zero-order valence-corrected chi connectivity index (χ0v) is 15.9. The van der Waals surface area contributed by atoms with E-state index in [0.29, 0.717) is 18.3 Å². The highest BCUT2D eigenvalue weighted by Gasteiger charge is 2.25. The summed E-state index contributed by atoms with van der Waals surface area (Å²) < 4.78 is 10.7. The maximum Gasteiger partial charge on any atom is 0.356 e. The molecule has 0 radical (unpaired) electrons. The van der Waals surface area contributed by atoms with Crippen LogP contribution in [0.25, 0.3) is 0 Å². The van der Waals surface area contributed by atoms with Crippen molar-refractivity contribution in [2.75, 3.05) is 44.3 Å². The Kier molecular flexibility index (Phi) is 5.03. The zero-order chi connectivity index (χ0) is 18.8. The molecule has 0 spiro atoms. The van der Waals surface area contributed by atoms with Gasteiger partial charge in [-0.25, -0.2) is 4.79 Å². The first-order valence-corrected chi connectivity index (χ1v) is 9.63. The highest BCUT2D eigenvalue weighted by atomic mass is 16.5. The molecule has 1 fully saturated rings. The SMILES string of the molecule is CCOC(=O)c1cc(N2CCN(C(C)c3ccc4c(c3)OCC4)CC2)n[nH]1. The van der Waals surface area contributed by atoms with E-state index in [1.165, 1.54) is 11.1 Å². The summed E-state index contributed by atoms with van der Waals surface area (Å²) >= 11 is 0. The van der Waals surface area contributed by atoms with Crippen molar-refractivity contribution >= 4 is 11.8 Å². The van der Waals surface area contributed by atoms with Gasteiger partial charge in [0.2, 0.25) is 0 Å². The molecule has 0 aliphatic carbocycles. The van der Waals surface area contributed by atoms with Crippen LogP contribution in [0.5, 0.6) is 5.75 Å². The molecule has 1 atom stereocenters. The van der Waals surface area contributed by atoms with Gasteiger partial charge in [0.05, 0.1) is 13.2 Å². The van der Waals surface area contributed by atoms with Gasteiger partial charge in [0.15, 0.2) is 5.82 Å². The van der Waals surface area contributed by atoms with E-state index in [9.17, 15) is 4.79 Å². The number of ether oxygens (including phenoxy) is 2. The van der Waals surface area contributed by atoms with Gasteiger partial charge in [0.25, 0.3) is 0 Å². The fraction of sp³-hybridized carbons (Fsp3) is 0.500. The van der Waals surface area contributed by atoms with Crippen LogP contribution in [0.15, 0.2) is 24.3 Å². The number of esters is 1. The fourth-order valence-electron chi connectivity index (χ4n) is 3.78. The molecule has 2 aliphatic heterocycles. The summed E-state index contributed by atoms with van der Waals surface area (Å²) in [5.74, 6) is 1.49. The molecule has 0 bridgehead atoms. The number of H-pyrrole nitrogens is 1. The van der Waals surface area contributed by atoms with Gasteiger partial charge in [-0.05, 0) is 31.0 Å². The smallest absolute Gasteiger partial charge is 0.356 e. The lowest BCUT2D eigenvalue weighted by atomic mass is 10.0. The largest absolute Gasteiger partial charge is 0.493 e. The molecule has 2 aromatic rings. The molecule has 1 saturated heterocycles. The average molecular weight is 370 g/mol. The molecule has 2 aliphatic rings. The molecule has 0 amide bonds. The van der Waals surface area contributed by atoms with Gasteiger partial charge in [-0.15, -0.1) is 0 Å². The monoisotopic (exact) mass is 370 g/mol. The third-order valence-electron chi connectivity index (χ3n) is 5.45. The van der Waals surface area contributed by atoms with Gasteiger partial charge in [0, 0.05) is 44.7 Å². The molecular weight excluding hydrogens is 344 g/mol. The summed E-state index contributed by atoms with van der Waals surface area (Å²) in [6.07, 6.45) is 1.01. The lowest BCUT2D eigenvalue weighted by Crippen LogP contribution is -2.47. The highest BCUT2D eigenvalue weighted by molar-refractivity contribution is 5.88. The van der Waals surface area contributed by atoms with Crippen LogP contribution in [0.2, 0.25) is 0 Å². The first-order chi connectivity index (χ1) is 13.2. The first-order valence-electron chi connectivity index (χ1n) is 9.63. The van der Waals surface area contributed by atoms with E-state index in [-0.39, 0.29) is 5.97 Å². The molecule has 7 heteroatoms. The number of carbonyl (C=O) groups excluding carboxylic acids is 1. The number of benzene rings is 1. The highest BCUT2D eigenvalue weighted by Crippen LogP contribution is 2.31. The summed E-state index contributed by atoms with van der Waals surface area (Å²) in [7, 11) is 0. The van der Waals surface area contributed by atoms with Gasteiger partial charge in [-0.2, -0.15) is 5.10 Å². The number of rotatable bonds is 5. The minimum atomic E-state index is -0.359. The maximum absolute atomic E-state index is 11.8. The molecule has 7 nitrogen and oxygen atoms in total. The van der Waals surface area contributed by atoms with Crippen molar-refractivity contribution in [3.63, 3.8) is 0 Å². The number of aromatic amines is 1.